The highest BCUT2D eigenvalue weighted by Crippen LogP contribution is 2.42. The largest absolute Gasteiger partial charge is 0.490 e. The van der Waals surface area contributed by atoms with Crippen LogP contribution in [0.4, 0.5) is 13.2 Å². The first-order valence-electron chi connectivity index (χ1n) is 12.8. The summed E-state index contributed by atoms with van der Waals surface area (Å²) >= 11 is 14.0. The molecule has 1 saturated carbocycles. The minimum atomic E-state index is -5.08. The van der Waals surface area contributed by atoms with Crippen LogP contribution >= 0.6 is 34.5 Å². The summed E-state index contributed by atoms with van der Waals surface area (Å²) in [6.07, 6.45) is 0.190. The lowest BCUT2D eigenvalue weighted by molar-refractivity contribution is -0.192. The molecule has 1 unspecified atom stereocenters. The van der Waals surface area contributed by atoms with Crippen LogP contribution in [0.3, 0.4) is 0 Å². The molecule has 0 amide bonds. The van der Waals surface area contributed by atoms with E-state index in [1.807, 2.05) is 35.8 Å². The first-order valence-corrected chi connectivity index (χ1v) is 14.4. The number of rotatable bonds is 7. The predicted molar refractivity (Wildman–Crippen MR) is 155 cm³/mol. The minimum absolute atomic E-state index is 0.0608. The van der Waals surface area contributed by atoms with E-state index in [-0.39, 0.29) is 5.92 Å². The van der Waals surface area contributed by atoms with Crippen molar-refractivity contribution < 1.29 is 23.1 Å². The molecule has 3 aromatic carbocycles. The number of thiazole rings is 1. The van der Waals surface area contributed by atoms with Crippen LogP contribution in [-0.2, 0) is 17.8 Å². The van der Waals surface area contributed by atoms with Gasteiger partial charge in [-0.1, -0.05) is 53.5 Å². The molecule has 0 saturated heterocycles. The lowest BCUT2D eigenvalue weighted by Crippen LogP contribution is -2.21. The average Bonchev–Trinajstić information content (AvgIpc) is 3.52. The Balaban J connectivity index is 0.000000431. The maximum atomic E-state index is 10.6. The van der Waals surface area contributed by atoms with E-state index in [0.29, 0.717) is 5.92 Å². The number of aryl methyl sites for hydroxylation is 2. The Morgan fingerprint density at radius 1 is 1.00 bits per heavy atom. The fraction of sp³-hybridized carbons (Fsp3) is 0.233. The van der Waals surface area contributed by atoms with Crippen LogP contribution in [-0.4, -0.2) is 31.8 Å². The summed E-state index contributed by atoms with van der Waals surface area (Å²) in [6.45, 7) is 0.899. The second-order valence-electron chi connectivity index (χ2n) is 9.68. The molecule has 0 radical (unpaired) electrons. The number of benzene rings is 3. The zero-order valence-electron chi connectivity index (χ0n) is 21.5. The van der Waals surface area contributed by atoms with E-state index in [2.05, 4.69) is 52.0 Å². The first-order chi connectivity index (χ1) is 19.6. The van der Waals surface area contributed by atoms with E-state index in [1.54, 1.807) is 11.3 Å². The van der Waals surface area contributed by atoms with Crippen molar-refractivity contribution in [3.63, 3.8) is 0 Å². The van der Waals surface area contributed by atoms with E-state index in [4.69, 9.17) is 38.1 Å². The Bertz CT molecular complexity index is 1630. The second kappa shape index (κ2) is 12.2. The van der Waals surface area contributed by atoms with Crippen molar-refractivity contribution in [1.82, 2.24) is 14.5 Å². The molecule has 0 spiro atoms. The fourth-order valence-corrected chi connectivity index (χ4v) is 5.67. The molecule has 1 N–H and O–H groups in total. The van der Waals surface area contributed by atoms with Crippen LogP contribution in [0.25, 0.3) is 11.0 Å². The Kier molecular flexibility index (Phi) is 8.68. The van der Waals surface area contributed by atoms with E-state index >= 15 is 0 Å². The molecule has 0 bridgehead atoms. The van der Waals surface area contributed by atoms with Crippen LogP contribution in [0.15, 0.2) is 78.3 Å². The van der Waals surface area contributed by atoms with Crippen LogP contribution in [0.2, 0.25) is 10.0 Å². The number of halogens is 5. The van der Waals surface area contributed by atoms with E-state index in [9.17, 15) is 13.2 Å². The number of fused-ring (bicyclic) bond motifs is 1. The monoisotopic (exact) mass is 617 g/mol. The van der Waals surface area contributed by atoms with Crippen molar-refractivity contribution in [1.29, 1.82) is 0 Å². The molecule has 11 heteroatoms. The van der Waals surface area contributed by atoms with Gasteiger partial charge in [0.25, 0.3) is 0 Å². The number of hydrogen-bond donors (Lipinski definition) is 1. The van der Waals surface area contributed by atoms with Crippen LogP contribution in [0, 0.1) is 0 Å². The van der Waals surface area contributed by atoms with Crippen molar-refractivity contribution in [2.45, 2.75) is 43.8 Å². The molecule has 1 aliphatic carbocycles. The number of carboxylic acids is 1. The van der Waals surface area contributed by atoms with Gasteiger partial charge in [0.1, 0.15) is 10.8 Å². The maximum Gasteiger partial charge on any atom is 0.490 e. The number of imidazole rings is 1. The molecular formula is C30H24Cl2F3N3O2S. The maximum absolute atomic E-state index is 10.6. The standard InChI is InChI=1S/C28H23Cl2N3S.C2HF3O2/c29-22-8-1-18(2-9-22)13-15-33-25-17-21(7-12-24(25)32-27(33)20-3-4-20)26(28-31-14-16-34-28)19-5-10-23(30)11-6-19;3-2(4,5)1(6)7/h1-2,5-12,14,16-17,20,26H,3-4,13,15H2;(H,6,7). The highest BCUT2D eigenvalue weighted by atomic mass is 35.5. The smallest absolute Gasteiger partial charge is 0.475 e. The third-order valence-electron chi connectivity index (χ3n) is 6.76. The van der Waals surface area contributed by atoms with E-state index < -0.39 is 12.1 Å². The first kappa shape index (κ1) is 29.1. The Labute approximate surface area is 248 Å². The normalized spacial score (nSPS) is 14.0. The Hall–Kier alpha value is -3.40. The van der Waals surface area contributed by atoms with Gasteiger partial charge >= 0.3 is 12.1 Å². The lowest BCUT2D eigenvalue weighted by atomic mass is 9.91. The van der Waals surface area contributed by atoms with Gasteiger partial charge in [-0.15, -0.1) is 11.3 Å². The second-order valence-corrected chi connectivity index (χ2v) is 11.5. The van der Waals surface area contributed by atoms with Gasteiger partial charge in [0.2, 0.25) is 0 Å². The summed E-state index contributed by atoms with van der Waals surface area (Å²) in [6, 6.07) is 23.0. The average molecular weight is 619 g/mol. The Morgan fingerprint density at radius 2 is 1.61 bits per heavy atom. The summed E-state index contributed by atoms with van der Waals surface area (Å²) in [5.41, 5.74) is 5.96. The summed E-state index contributed by atoms with van der Waals surface area (Å²) < 4.78 is 34.2. The number of nitrogens with zero attached hydrogens (tertiary/aromatic N) is 3. The molecule has 212 valence electrons. The van der Waals surface area contributed by atoms with E-state index in [1.165, 1.54) is 40.9 Å². The predicted octanol–water partition coefficient (Wildman–Crippen LogP) is 8.73. The lowest BCUT2D eigenvalue weighted by Gasteiger charge is -2.17. The third kappa shape index (κ3) is 7.09. The SMILES string of the molecule is Clc1ccc(CCn2c(C3CC3)nc3ccc(C(c4ccc(Cl)cc4)c4nccs4)cc32)cc1.O=C(O)C(F)(F)F. The number of aliphatic carboxylic acids is 1. The molecule has 1 fully saturated rings. The number of hydrogen-bond acceptors (Lipinski definition) is 4. The van der Waals surface area contributed by atoms with Crippen molar-refractivity contribution in [3.05, 3.63) is 116 Å². The van der Waals surface area contributed by atoms with Crippen molar-refractivity contribution in [3.8, 4) is 0 Å². The van der Waals surface area contributed by atoms with Gasteiger partial charge in [0.05, 0.1) is 17.0 Å². The number of carbonyl (C=O) groups is 1. The third-order valence-corrected chi connectivity index (χ3v) is 8.10. The van der Waals surface area contributed by atoms with Gasteiger partial charge < -0.3 is 9.67 Å². The molecule has 41 heavy (non-hydrogen) atoms. The fourth-order valence-electron chi connectivity index (χ4n) is 4.63. The van der Waals surface area contributed by atoms with Gasteiger partial charge in [0.15, 0.2) is 0 Å². The Morgan fingerprint density at radius 3 is 2.17 bits per heavy atom. The van der Waals surface area contributed by atoms with Gasteiger partial charge in [-0.3, -0.25) is 0 Å². The summed E-state index contributed by atoms with van der Waals surface area (Å²) in [4.78, 5) is 18.6. The summed E-state index contributed by atoms with van der Waals surface area (Å²) in [5.74, 6) is -0.899. The van der Waals surface area contributed by atoms with E-state index in [0.717, 1.165) is 33.5 Å². The molecule has 2 heterocycles. The van der Waals surface area contributed by atoms with Gasteiger partial charge in [0, 0.05) is 34.1 Å². The highest BCUT2D eigenvalue weighted by molar-refractivity contribution is 7.09. The van der Waals surface area contributed by atoms with Crippen LogP contribution < -0.4 is 0 Å². The molecule has 2 aromatic heterocycles. The van der Waals surface area contributed by atoms with Crippen molar-refractivity contribution in [2.24, 2.45) is 0 Å². The van der Waals surface area contributed by atoms with Crippen molar-refractivity contribution in [2.75, 3.05) is 0 Å². The zero-order chi connectivity index (χ0) is 29.1. The molecule has 1 aliphatic rings. The molecule has 6 rings (SSSR count). The molecular weight excluding hydrogens is 594 g/mol. The van der Waals surface area contributed by atoms with Gasteiger partial charge in [-0.25, -0.2) is 14.8 Å². The topological polar surface area (TPSA) is 68.0 Å². The van der Waals surface area contributed by atoms with Gasteiger partial charge in [-0.05, 0) is 72.4 Å². The number of carboxylic acid groups (broad SMARTS) is 1. The zero-order valence-corrected chi connectivity index (χ0v) is 23.8. The van der Waals surface area contributed by atoms with Crippen LogP contribution in [0.5, 0.6) is 0 Å². The highest BCUT2D eigenvalue weighted by Gasteiger charge is 2.38. The van der Waals surface area contributed by atoms with Gasteiger partial charge in [-0.2, -0.15) is 13.2 Å². The van der Waals surface area contributed by atoms with Crippen LogP contribution in [0.1, 0.15) is 52.2 Å². The summed E-state index contributed by atoms with van der Waals surface area (Å²) in [7, 11) is 0. The van der Waals surface area contributed by atoms with Crippen molar-refractivity contribution >= 4 is 51.5 Å². The minimum Gasteiger partial charge on any atom is -0.475 e. The molecule has 5 nitrogen and oxygen atoms in total. The molecule has 1 atom stereocenters. The quantitative estimate of drug-likeness (QED) is 0.198. The molecule has 5 aromatic rings. The summed E-state index contributed by atoms with van der Waals surface area (Å²) in [5, 5.41) is 11.8. The molecule has 0 aliphatic heterocycles. The number of aromatic nitrogens is 3. The number of alkyl halides is 3.